The molecule has 5 nitrogen and oxygen atoms in total. The molecule has 0 fully saturated rings. The number of benzene rings is 2. The Bertz CT molecular complexity index is 733. The van der Waals surface area contributed by atoms with Gasteiger partial charge >= 0.3 is 0 Å². The number of nitrogens with two attached hydrogens (primary N) is 1. The first-order chi connectivity index (χ1) is 11.3. The zero-order chi connectivity index (χ0) is 18.1. The molecule has 128 valence electrons. The van der Waals surface area contributed by atoms with Gasteiger partial charge in [-0.15, -0.1) is 0 Å². The van der Waals surface area contributed by atoms with E-state index < -0.39 is 16.6 Å². The van der Waals surface area contributed by atoms with Crippen LogP contribution in [0.4, 0.5) is 4.39 Å². The molecule has 2 aromatic carbocycles. The Morgan fingerprint density at radius 1 is 1.21 bits per heavy atom. The highest BCUT2D eigenvalue weighted by Gasteiger charge is 2.02. The maximum Gasteiger partial charge on any atom is 0.222 e. The van der Waals surface area contributed by atoms with Gasteiger partial charge in [0.25, 0.3) is 0 Å². The van der Waals surface area contributed by atoms with Crippen molar-refractivity contribution in [3.8, 4) is 0 Å². The van der Waals surface area contributed by atoms with Gasteiger partial charge in [0, 0.05) is 25.3 Å². The van der Waals surface area contributed by atoms with Crippen LogP contribution < -0.4 is 11.1 Å². The molecule has 0 aliphatic carbocycles. The van der Waals surface area contributed by atoms with Crippen molar-refractivity contribution in [2.24, 2.45) is 5.73 Å². The van der Waals surface area contributed by atoms with E-state index in [4.69, 9.17) is 11.1 Å². The van der Waals surface area contributed by atoms with E-state index in [1.165, 1.54) is 25.3 Å². The van der Waals surface area contributed by atoms with E-state index in [-0.39, 0.29) is 16.6 Å². The van der Waals surface area contributed by atoms with Gasteiger partial charge < -0.3 is 11.1 Å². The summed E-state index contributed by atoms with van der Waals surface area (Å²) in [6.07, 6.45) is 1.46. The lowest BCUT2D eigenvalue weighted by atomic mass is 10.1. The monoisotopic (exact) mass is 349 g/mol. The first kappa shape index (κ1) is 19.7. The van der Waals surface area contributed by atoms with Gasteiger partial charge in [0.1, 0.15) is 11.7 Å². The van der Waals surface area contributed by atoms with Crippen molar-refractivity contribution in [1.82, 2.24) is 5.32 Å². The number of hydrogen-bond donors (Lipinski definition) is 3. The molecule has 1 unspecified atom stereocenters. The molecule has 2 rings (SSSR count). The van der Waals surface area contributed by atoms with Crippen LogP contribution in [0.15, 0.2) is 53.4 Å². The second kappa shape index (κ2) is 9.69. The van der Waals surface area contributed by atoms with E-state index in [1.54, 1.807) is 24.3 Å². The molecule has 7 heteroatoms. The van der Waals surface area contributed by atoms with Crippen LogP contribution in [0.25, 0.3) is 0 Å². The van der Waals surface area contributed by atoms with Gasteiger partial charge in [-0.25, -0.2) is 4.39 Å². The lowest BCUT2D eigenvalue weighted by Crippen LogP contribution is -2.27. The number of carbonyl (C=O) groups is 1. The Kier molecular flexibility index (Phi) is 7.94. The van der Waals surface area contributed by atoms with Gasteiger partial charge in [-0.1, -0.05) is 36.4 Å². The summed E-state index contributed by atoms with van der Waals surface area (Å²) in [7, 11) is -1.22. The van der Waals surface area contributed by atoms with Crippen LogP contribution >= 0.6 is 0 Å². The van der Waals surface area contributed by atoms with Gasteiger partial charge in [0.2, 0.25) is 5.91 Å². The minimum atomic E-state index is -1.22. The molecule has 4 N–H and O–H groups in total. The predicted molar refractivity (Wildman–Crippen MR) is 93.7 cm³/mol. The highest BCUT2D eigenvalue weighted by Crippen LogP contribution is 2.09. The number of amides is 1. The third-order valence-electron chi connectivity index (χ3n) is 2.93. The Morgan fingerprint density at radius 2 is 1.79 bits per heavy atom. The molecule has 2 aromatic rings. The summed E-state index contributed by atoms with van der Waals surface area (Å²) in [4.78, 5) is 10.9. The molecule has 1 atom stereocenters. The van der Waals surface area contributed by atoms with Crippen molar-refractivity contribution in [3.05, 3.63) is 65.5 Å². The van der Waals surface area contributed by atoms with Crippen LogP contribution in [0.5, 0.6) is 0 Å². The molecule has 0 saturated carbocycles. The van der Waals surface area contributed by atoms with Gasteiger partial charge in [-0.3, -0.25) is 14.4 Å². The van der Waals surface area contributed by atoms with E-state index in [0.29, 0.717) is 12.1 Å². The topological polar surface area (TPSA) is 96.0 Å². The fraction of sp³-hybridized carbons (Fsp3) is 0.176. The van der Waals surface area contributed by atoms with E-state index in [9.17, 15) is 13.4 Å². The normalized spacial score (nSPS) is 11.0. The van der Waals surface area contributed by atoms with Crippen molar-refractivity contribution in [2.45, 2.75) is 18.4 Å². The molecule has 0 aromatic heterocycles. The van der Waals surface area contributed by atoms with E-state index in [1.807, 2.05) is 12.1 Å². The van der Waals surface area contributed by atoms with Gasteiger partial charge in [0.05, 0.1) is 15.7 Å². The first-order valence-electron chi connectivity index (χ1n) is 7.08. The second-order valence-corrected chi connectivity index (χ2v) is 6.19. The van der Waals surface area contributed by atoms with Crippen LogP contribution in [0.3, 0.4) is 0 Å². The molecule has 0 radical (unpaired) electrons. The van der Waals surface area contributed by atoms with Crippen molar-refractivity contribution in [3.63, 3.8) is 0 Å². The van der Waals surface area contributed by atoms with Gasteiger partial charge in [-0.2, -0.15) is 0 Å². The Balaban J connectivity index is 0.000000254. The summed E-state index contributed by atoms with van der Waals surface area (Å²) in [5.41, 5.74) is 7.12. The third kappa shape index (κ3) is 6.39. The van der Waals surface area contributed by atoms with E-state index in [2.05, 4.69) is 5.32 Å². The van der Waals surface area contributed by atoms with Crippen molar-refractivity contribution >= 4 is 22.5 Å². The van der Waals surface area contributed by atoms with E-state index >= 15 is 0 Å². The summed E-state index contributed by atoms with van der Waals surface area (Å²) < 4.78 is 23.4. The van der Waals surface area contributed by atoms with Crippen molar-refractivity contribution in [2.75, 3.05) is 6.26 Å². The van der Waals surface area contributed by atoms with E-state index in [0.717, 1.165) is 5.56 Å². The SMILES string of the molecule is CC(=O)NC(=N)c1ccc(CN)cc1.CS(=O)c1ccccc1F. The van der Waals surface area contributed by atoms with Crippen LogP contribution in [-0.2, 0) is 22.1 Å². The van der Waals surface area contributed by atoms with Crippen LogP contribution in [0.2, 0.25) is 0 Å². The number of nitrogens with one attached hydrogen (secondary N) is 2. The van der Waals surface area contributed by atoms with Crippen LogP contribution in [-0.4, -0.2) is 22.2 Å². The molecule has 0 saturated heterocycles. The van der Waals surface area contributed by atoms with Crippen LogP contribution in [0.1, 0.15) is 18.1 Å². The summed E-state index contributed by atoms with van der Waals surface area (Å²) >= 11 is 0. The fourth-order valence-corrected chi connectivity index (χ4v) is 2.35. The minimum Gasteiger partial charge on any atom is -0.326 e. The minimum absolute atomic E-state index is 0.112. The molecule has 24 heavy (non-hydrogen) atoms. The molecule has 0 aliphatic rings. The molecular formula is C17H20FN3O2S. The zero-order valence-electron chi connectivity index (χ0n) is 13.5. The summed E-state index contributed by atoms with van der Waals surface area (Å²) in [5.74, 6) is -0.526. The summed E-state index contributed by atoms with van der Waals surface area (Å²) in [6, 6.07) is 13.3. The first-order valence-corrected chi connectivity index (χ1v) is 8.64. The van der Waals surface area contributed by atoms with Gasteiger partial charge in [-0.05, 0) is 17.7 Å². The zero-order valence-corrected chi connectivity index (χ0v) is 14.3. The Labute approximate surface area is 143 Å². The number of rotatable bonds is 3. The second-order valence-electron chi connectivity index (χ2n) is 4.84. The Morgan fingerprint density at radius 3 is 2.21 bits per heavy atom. The molecule has 0 spiro atoms. The average molecular weight is 349 g/mol. The molecule has 0 aliphatic heterocycles. The number of hydrogen-bond acceptors (Lipinski definition) is 4. The molecule has 0 heterocycles. The van der Waals surface area contributed by atoms with Crippen molar-refractivity contribution < 1.29 is 13.4 Å². The molecule has 1 amide bonds. The number of carbonyl (C=O) groups excluding carboxylic acids is 1. The lowest BCUT2D eigenvalue weighted by molar-refractivity contribution is -0.117. The Hall–Kier alpha value is -2.38. The summed E-state index contributed by atoms with van der Waals surface area (Å²) in [6.45, 7) is 1.86. The van der Waals surface area contributed by atoms with Gasteiger partial charge in [0.15, 0.2) is 0 Å². The highest BCUT2D eigenvalue weighted by atomic mass is 32.2. The smallest absolute Gasteiger partial charge is 0.222 e. The van der Waals surface area contributed by atoms with Crippen molar-refractivity contribution in [1.29, 1.82) is 5.41 Å². The predicted octanol–water partition coefficient (Wildman–Crippen LogP) is 2.17. The largest absolute Gasteiger partial charge is 0.326 e. The summed E-state index contributed by atoms with van der Waals surface area (Å²) in [5, 5.41) is 9.93. The molecular weight excluding hydrogens is 329 g/mol. The third-order valence-corrected chi connectivity index (χ3v) is 3.88. The standard InChI is InChI=1S/C10H13N3O.C7H7FOS/c1-7(14)13-10(12)9-4-2-8(6-11)3-5-9;1-10(9)7-5-3-2-4-6(7)8/h2-5H,6,11H2,1H3,(H2,12,13,14);2-5H,1H3. The lowest BCUT2D eigenvalue weighted by Gasteiger charge is -2.04. The fourth-order valence-electron chi connectivity index (χ4n) is 1.73. The van der Waals surface area contributed by atoms with Crippen LogP contribution in [0, 0.1) is 11.2 Å². The quantitative estimate of drug-likeness (QED) is 0.585. The maximum atomic E-state index is 12.6. The highest BCUT2D eigenvalue weighted by molar-refractivity contribution is 7.84. The number of amidine groups is 1. The molecule has 0 bridgehead atoms. The average Bonchev–Trinajstić information content (AvgIpc) is 2.55. The maximum absolute atomic E-state index is 12.6. The number of halogens is 1.